The molecule has 3 nitrogen and oxygen atoms in total. The standard InChI is InChI=1S/C16H26N2OS/c1-2-3-13(15(17)20)18-16(19)14-11-5-9-4-10(7-11)8-12(14)6-9/h9-14H,2-8H2,1H3,(H2,17,20)(H,18,19). The predicted octanol–water partition coefficient (Wildman–Crippen LogP) is 2.63. The minimum atomic E-state index is -0.111. The van der Waals surface area contributed by atoms with E-state index in [-0.39, 0.29) is 17.9 Å². The topological polar surface area (TPSA) is 55.1 Å². The third-order valence-corrected chi connectivity index (χ3v) is 6.05. The summed E-state index contributed by atoms with van der Waals surface area (Å²) in [4.78, 5) is 13.1. The van der Waals surface area contributed by atoms with Gasteiger partial charge in [0, 0.05) is 5.92 Å². The van der Waals surface area contributed by atoms with Crippen LogP contribution in [0.4, 0.5) is 0 Å². The quantitative estimate of drug-likeness (QED) is 0.766. The number of carbonyl (C=O) groups excluding carboxylic acids is 1. The van der Waals surface area contributed by atoms with Crippen LogP contribution in [0.25, 0.3) is 0 Å². The lowest BCUT2D eigenvalue weighted by Gasteiger charge is -2.53. The molecule has 1 atom stereocenters. The highest BCUT2D eigenvalue weighted by Gasteiger charge is 2.50. The van der Waals surface area contributed by atoms with E-state index >= 15 is 0 Å². The van der Waals surface area contributed by atoms with Gasteiger partial charge in [-0.3, -0.25) is 4.79 Å². The number of nitrogens with two attached hydrogens (primary N) is 1. The van der Waals surface area contributed by atoms with Gasteiger partial charge >= 0.3 is 0 Å². The number of amides is 1. The minimum absolute atomic E-state index is 0.111. The zero-order chi connectivity index (χ0) is 14.3. The van der Waals surface area contributed by atoms with E-state index in [1.54, 1.807) is 0 Å². The molecule has 1 unspecified atom stereocenters. The summed E-state index contributed by atoms with van der Waals surface area (Å²) in [5, 5.41) is 3.14. The second kappa shape index (κ2) is 5.63. The summed E-state index contributed by atoms with van der Waals surface area (Å²) in [7, 11) is 0. The summed E-state index contributed by atoms with van der Waals surface area (Å²) in [6.45, 7) is 2.10. The Labute approximate surface area is 127 Å². The van der Waals surface area contributed by atoms with Gasteiger partial charge in [-0.15, -0.1) is 0 Å². The first kappa shape index (κ1) is 14.3. The molecule has 0 radical (unpaired) electrons. The Hall–Kier alpha value is -0.640. The lowest BCUT2D eigenvalue weighted by Crippen LogP contribution is -2.54. The molecule has 4 fully saturated rings. The van der Waals surface area contributed by atoms with E-state index in [0.29, 0.717) is 16.8 Å². The van der Waals surface area contributed by atoms with Gasteiger partial charge in [0.25, 0.3) is 0 Å². The third-order valence-electron chi connectivity index (χ3n) is 5.77. The Morgan fingerprint density at radius 1 is 1.20 bits per heavy atom. The van der Waals surface area contributed by atoms with E-state index in [1.807, 2.05) is 0 Å². The van der Waals surface area contributed by atoms with Crippen molar-refractivity contribution in [2.45, 2.75) is 57.9 Å². The molecule has 0 aliphatic heterocycles. The van der Waals surface area contributed by atoms with Crippen LogP contribution in [0, 0.1) is 29.6 Å². The molecule has 0 aromatic heterocycles. The predicted molar refractivity (Wildman–Crippen MR) is 84.2 cm³/mol. The van der Waals surface area contributed by atoms with Crippen LogP contribution in [0.3, 0.4) is 0 Å². The molecule has 4 bridgehead atoms. The first-order valence-electron chi connectivity index (χ1n) is 8.18. The maximum absolute atomic E-state index is 12.7. The molecule has 112 valence electrons. The van der Waals surface area contributed by atoms with Crippen molar-refractivity contribution in [1.82, 2.24) is 5.32 Å². The van der Waals surface area contributed by atoms with Gasteiger partial charge in [0.2, 0.25) is 5.91 Å². The molecule has 4 aliphatic rings. The molecular weight excluding hydrogens is 268 g/mol. The summed E-state index contributed by atoms with van der Waals surface area (Å²) in [6, 6.07) is -0.111. The van der Waals surface area contributed by atoms with Gasteiger partial charge in [-0.1, -0.05) is 25.6 Å². The number of thiocarbonyl (C=S) groups is 1. The van der Waals surface area contributed by atoms with Gasteiger partial charge in [0.15, 0.2) is 0 Å². The molecule has 0 aromatic carbocycles. The van der Waals surface area contributed by atoms with Crippen molar-refractivity contribution in [3.63, 3.8) is 0 Å². The smallest absolute Gasteiger partial charge is 0.224 e. The zero-order valence-corrected chi connectivity index (χ0v) is 13.1. The van der Waals surface area contributed by atoms with Crippen LogP contribution in [0.15, 0.2) is 0 Å². The molecule has 20 heavy (non-hydrogen) atoms. The van der Waals surface area contributed by atoms with Crippen molar-refractivity contribution in [2.75, 3.05) is 0 Å². The van der Waals surface area contributed by atoms with Crippen molar-refractivity contribution in [3.05, 3.63) is 0 Å². The summed E-state index contributed by atoms with van der Waals surface area (Å²) in [5.74, 6) is 3.52. The molecule has 0 aromatic rings. The molecule has 0 spiro atoms. The van der Waals surface area contributed by atoms with E-state index in [2.05, 4.69) is 12.2 Å². The average molecular weight is 294 g/mol. The van der Waals surface area contributed by atoms with E-state index in [4.69, 9.17) is 18.0 Å². The van der Waals surface area contributed by atoms with Crippen molar-refractivity contribution < 1.29 is 4.79 Å². The zero-order valence-electron chi connectivity index (χ0n) is 12.3. The number of nitrogens with one attached hydrogen (secondary N) is 1. The Bertz CT molecular complexity index is 381. The Morgan fingerprint density at radius 3 is 2.20 bits per heavy atom. The first-order valence-corrected chi connectivity index (χ1v) is 8.59. The Morgan fingerprint density at radius 2 is 1.75 bits per heavy atom. The SMILES string of the molecule is CCCC(NC(=O)C1C2CC3CC(C2)CC1C3)C(N)=S. The van der Waals surface area contributed by atoms with Crippen LogP contribution in [0.5, 0.6) is 0 Å². The van der Waals surface area contributed by atoms with E-state index in [9.17, 15) is 4.79 Å². The summed E-state index contributed by atoms with van der Waals surface area (Å²) in [5.41, 5.74) is 5.76. The van der Waals surface area contributed by atoms with E-state index in [1.165, 1.54) is 32.1 Å². The van der Waals surface area contributed by atoms with Crippen LogP contribution in [-0.4, -0.2) is 16.9 Å². The number of hydrogen-bond acceptors (Lipinski definition) is 2. The maximum Gasteiger partial charge on any atom is 0.224 e. The van der Waals surface area contributed by atoms with Crippen molar-refractivity contribution in [3.8, 4) is 0 Å². The normalized spacial score (nSPS) is 39.5. The molecular formula is C16H26N2OS. The van der Waals surface area contributed by atoms with Gasteiger partial charge in [0.05, 0.1) is 11.0 Å². The third kappa shape index (κ3) is 2.59. The van der Waals surface area contributed by atoms with E-state index < -0.39 is 0 Å². The Kier molecular flexibility index (Phi) is 4.02. The summed E-state index contributed by atoms with van der Waals surface area (Å²) >= 11 is 5.09. The molecule has 4 aliphatic carbocycles. The molecule has 1 amide bonds. The number of carbonyl (C=O) groups is 1. The molecule has 0 saturated heterocycles. The fourth-order valence-corrected chi connectivity index (χ4v) is 5.37. The minimum Gasteiger partial charge on any atom is -0.392 e. The van der Waals surface area contributed by atoms with Crippen molar-refractivity contribution >= 4 is 23.1 Å². The van der Waals surface area contributed by atoms with Crippen LogP contribution >= 0.6 is 12.2 Å². The lowest BCUT2D eigenvalue weighted by atomic mass is 9.51. The highest BCUT2D eigenvalue weighted by Crippen LogP contribution is 2.56. The maximum atomic E-state index is 12.7. The fourth-order valence-electron chi connectivity index (χ4n) is 5.20. The van der Waals surface area contributed by atoms with Crippen molar-refractivity contribution in [1.29, 1.82) is 0 Å². The van der Waals surface area contributed by atoms with Gasteiger partial charge in [0.1, 0.15) is 0 Å². The number of hydrogen-bond donors (Lipinski definition) is 2. The van der Waals surface area contributed by atoms with Gasteiger partial charge < -0.3 is 11.1 Å². The van der Waals surface area contributed by atoms with Crippen LogP contribution in [0.1, 0.15) is 51.9 Å². The highest BCUT2D eigenvalue weighted by atomic mass is 32.1. The van der Waals surface area contributed by atoms with Gasteiger partial charge in [-0.05, 0) is 62.2 Å². The fraction of sp³-hybridized carbons (Fsp3) is 0.875. The van der Waals surface area contributed by atoms with Gasteiger partial charge in [-0.2, -0.15) is 0 Å². The first-order chi connectivity index (χ1) is 9.58. The van der Waals surface area contributed by atoms with E-state index in [0.717, 1.165) is 24.7 Å². The van der Waals surface area contributed by atoms with Crippen LogP contribution in [0.2, 0.25) is 0 Å². The molecule has 4 heteroatoms. The number of rotatable bonds is 5. The second-order valence-electron chi connectivity index (χ2n) is 7.21. The van der Waals surface area contributed by atoms with Crippen molar-refractivity contribution in [2.24, 2.45) is 35.3 Å². The largest absolute Gasteiger partial charge is 0.392 e. The summed E-state index contributed by atoms with van der Waals surface area (Å²) < 4.78 is 0. The Balaban J connectivity index is 1.66. The highest BCUT2D eigenvalue weighted by molar-refractivity contribution is 7.80. The van der Waals surface area contributed by atoms with Crippen LogP contribution < -0.4 is 11.1 Å². The average Bonchev–Trinajstić information content (AvgIpc) is 2.36. The van der Waals surface area contributed by atoms with Crippen LogP contribution in [-0.2, 0) is 4.79 Å². The molecule has 0 heterocycles. The van der Waals surface area contributed by atoms with Gasteiger partial charge in [-0.25, -0.2) is 0 Å². The molecule has 4 rings (SSSR count). The summed E-state index contributed by atoms with van der Waals surface area (Å²) in [6.07, 6.45) is 8.37. The monoisotopic (exact) mass is 294 g/mol. The molecule has 4 saturated carbocycles. The molecule has 3 N–H and O–H groups in total. The lowest BCUT2D eigenvalue weighted by molar-refractivity contribution is -0.138. The second-order valence-corrected chi connectivity index (χ2v) is 7.68.